The van der Waals surface area contributed by atoms with Crippen molar-refractivity contribution in [2.75, 3.05) is 5.73 Å². The summed E-state index contributed by atoms with van der Waals surface area (Å²) in [6, 6.07) is 6.22. The van der Waals surface area contributed by atoms with Crippen LogP contribution in [0.1, 0.15) is 37.1 Å². The summed E-state index contributed by atoms with van der Waals surface area (Å²) in [5, 5.41) is 9.45. The summed E-state index contributed by atoms with van der Waals surface area (Å²) < 4.78 is 2.02. The molecule has 0 atom stereocenters. The second-order valence-electron chi connectivity index (χ2n) is 4.89. The highest BCUT2D eigenvalue weighted by molar-refractivity contribution is 5.77. The molecule has 0 spiro atoms. The zero-order valence-electron chi connectivity index (χ0n) is 12.3. The van der Waals surface area contributed by atoms with E-state index in [1.165, 1.54) is 0 Å². The normalized spacial score (nSPS) is 10.5. The van der Waals surface area contributed by atoms with Crippen molar-refractivity contribution in [3.05, 3.63) is 35.2 Å². The molecule has 2 heterocycles. The molecule has 20 heavy (non-hydrogen) atoms. The molecule has 0 saturated carbocycles. The lowest BCUT2D eigenvalue weighted by Gasteiger charge is -2.16. The monoisotopic (exact) mass is 268 g/mol. The molecule has 0 saturated heterocycles. The number of pyridine rings is 1. The van der Waals surface area contributed by atoms with Gasteiger partial charge in [0.2, 0.25) is 0 Å². The van der Waals surface area contributed by atoms with Crippen molar-refractivity contribution >= 4 is 5.82 Å². The third kappa shape index (κ3) is 2.27. The van der Waals surface area contributed by atoms with Gasteiger partial charge in [-0.2, -0.15) is 5.26 Å². The predicted octanol–water partition coefficient (Wildman–Crippen LogP) is 3.06. The summed E-state index contributed by atoms with van der Waals surface area (Å²) in [7, 11) is 1.98. The molecule has 0 aromatic carbocycles. The molecule has 2 rings (SSSR count). The van der Waals surface area contributed by atoms with Crippen molar-refractivity contribution in [2.24, 2.45) is 7.05 Å². The molecule has 0 radical (unpaired) electrons. The lowest BCUT2D eigenvalue weighted by molar-refractivity contribution is 0.856. The standard InChI is InChI=1S/C16H20N4/c1-4-7-13-11(5-2)15(12(10-17)16(18)19-13)14-8-6-9-20(14)3/h6,8-9H,4-5,7H2,1-3H3,(H2,18,19). The SMILES string of the molecule is CCCc1nc(N)c(C#N)c(-c2cccn2C)c1CC. The highest BCUT2D eigenvalue weighted by Gasteiger charge is 2.19. The Bertz CT molecular complexity index is 662. The summed E-state index contributed by atoms with van der Waals surface area (Å²) >= 11 is 0. The molecule has 0 amide bonds. The largest absolute Gasteiger partial charge is 0.383 e. The Morgan fingerprint density at radius 2 is 2.15 bits per heavy atom. The van der Waals surface area contributed by atoms with Crippen molar-refractivity contribution in [1.82, 2.24) is 9.55 Å². The zero-order chi connectivity index (χ0) is 14.7. The fourth-order valence-electron chi connectivity index (χ4n) is 2.63. The minimum absolute atomic E-state index is 0.337. The van der Waals surface area contributed by atoms with Crippen LogP contribution in [0.3, 0.4) is 0 Å². The van der Waals surface area contributed by atoms with E-state index < -0.39 is 0 Å². The maximum Gasteiger partial charge on any atom is 0.142 e. The molecule has 2 aromatic rings. The Balaban J connectivity index is 2.81. The number of hydrogen-bond donors (Lipinski definition) is 1. The average Bonchev–Trinajstić information content (AvgIpc) is 2.84. The van der Waals surface area contributed by atoms with E-state index in [1.54, 1.807) is 0 Å². The second-order valence-corrected chi connectivity index (χ2v) is 4.89. The fourth-order valence-corrected chi connectivity index (χ4v) is 2.63. The number of hydrogen-bond acceptors (Lipinski definition) is 3. The molecule has 0 unspecified atom stereocenters. The highest BCUT2D eigenvalue weighted by Crippen LogP contribution is 2.33. The first kappa shape index (κ1) is 14.1. The van der Waals surface area contributed by atoms with Crippen LogP contribution < -0.4 is 5.73 Å². The molecule has 2 aromatic heterocycles. The first-order valence-corrected chi connectivity index (χ1v) is 6.97. The molecule has 0 fully saturated rings. The van der Waals surface area contributed by atoms with Gasteiger partial charge in [-0.15, -0.1) is 0 Å². The maximum absolute atomic E-state index is 9.45. The van der Waals surface area contributed by atoms with E-state index in [9.17, 15) is 5.26 Å². The van der Waals surface area contributed by atoms with E-state index in [-0.39, 0.29) is 0 Å². The Morgan fingerprint density at radius 1 is 1.40 bits per heavy atom. The summed E-state index contributed by atoms with van der Waals surface area (Å²) in [6.07, 6.45) is 4.72. The lowest BCUT2D eigenvalue weighted by atomic mass is 9.94. The fraction of sp³-hybridized carbons (Fsp3) is 0.375. The van der Waals surface area contributed by atoms with Gasteiger partial charge in [0.25, 0.3) is 0 Å². The molecule has 2 N–H and O–H groups in total. The summed E-state index contributed by atoms with van der Waals surface area (Å²) in [5.41, 5.74) is 10.6. The van der Waals surface area contributed by atoms with Gasteiger partial charge in [-0.25, -0.2) is 4.98 Å². The topological polar surface area (TPSA) is 67.6 Å². The van der Waals surface area contributed by atoms with Gasteiger partial charge < -0.3 is 10.3 Å². The van der Waals surface area contributed by atoms with Gasteiger partial charge >= 0.3 is 0 Å². The van der Waals surface area contributed by atoms with Gasteiger partial charge in [-0.1, -0.05) is 20.3 Å². The van der Waals surface area contributed by atoms with Crippen molar-refractivity contribution in [2.45, 2.75) is 33.1 Å². The van der Waals surface area contributed by atoms with Gasteiger partial charge in [0.05, 0.1) is 0 Å². The minimum atomic E-state index is 0.337. The number of rotatable bonds is 4. The van der Waals surface area contributed by atoms with Crippen LogP contribution in [-0.4, -0.2) is 9.55 Å². The first-order chi connectivity index (χ1) is 9.63. The second kappa shape index (κ2) is 5.79. The van der Waals surface area contributed by atoms with Gasteiger partial charge in [0, 0.05) is 30.2 Å². The molecular formula is C16H20N4. The lowest BCUT2D eigenvalue weighted by Crippen LogP contribution is -2.08. The molecule has 4 heteroatoms. The summed E-state index contributed by atoms with van der Waals surface area (Å²) in [5.74, 6) is 0.337. The third-order valence-electron chi connectivity index (χ3n) is 3.56. The van der Waals surface area contributed by atoms with Crippen molar-refractivity contribution < 1.29 is 0 Å². The van der Waals surface area contributed by atoms with E-state index >= 15 is 0 Å². The molecule has 4 nitrogen and oxygen atoms in total. The Labute approximate surface area is 119 Å². The Kier molecular flexibility index (Phi) is 4.09. The van der Waals surface area contributed by atoms with Gasteiger partial charge in [-0.05, 0) is 30.5 Å². The minimum Gasteiger partial charge on any atom is -0.383 e. The van der Waals surface area contributed by atoms with Gasteiger partial charge in [0.1, 0.15) is 17.5 Å². The summed E-state index contributed by atoms with van der Waals surface area (Å²) in [4.78, 5) is 4.45. The molecular weight excluding hydrogens is 248 g/mol. The van der Waals surface area contributed by atoms with Crippen LogP contribution in [0.25, 0.3) is 11.3 Å². The highest BCUT2D eigenvalue weighted by atomic mass is 14.9. The molecule has 0 bridgehead atoms. The first-order valence-electron chi connectivity index (χ1n) is 6.97. The van der Waals surface area contributed by atoms with Crippen LogP contribution in [0.2, 0.25) is 0 Å². The number of nitrogen functional groups attached to an aromatic ring is 1. The van der Waals surface area contributed by atoms with E-state index in [1.807, 2.05) is 29.9 Å². The maximum atomic E-state index is 9.45. The molecule has 0 aliphatic rings. The smallest absolute Gasteiger partial charge is 0.142 e. The number of aryl methyl sites for hydroxylation is 2. The quantitative estimate of drug-likeness (QED) is 0.926. The molecule has 104 valence electrons. The number of nitrogens with zero attached hydrogens (tertiary/aromatic N) is 3. The van der Waals surface area contributed by atoms with E-state index in [2.05, 4.69) is 24.9 Å². The van der Waals surface area contributed by atoms with Crippen molar-refractivity contribution in [1.29, 1.82) is 5.26 Å². The summed E-state index contributed by atoms with van der Waals surface area (Å²) in [6.45, 7) is 4.22. The van der Waals surface area contributed by atoms with E-state index in [0.29, 0.717) is 11.4 Å². The Morgan fingerprint density at radius 3 is 2.65 bits per heavy atom. The average molecular weight is 268 g/mol. The van der Waals surface area contributed by atoms with Gasteiger partial charge in [-0.3, -0.25) is 0 Å². The number of aromatic nitrogens is 2. The van der Waals surface area contributed by atoms with Gasteiger partial charge in [0.15, 0.2) is 0 Å². The number of nitriles is 1. The number of nitrogens with two attached hydrogens (primary N) is 1. The van der Waals surface area contributed by atoms with Crippen LogP contribution in [-0.2, 0) is 19.9 Å². The van der Waals surface area contributed by atoms with Crippen LogP contribution in [0.5, 0.6) is 0 Å². The van der Waals surface area contributed by atoms with Crippen LogP contribution >= 0.6 is 0 Å². The third-order valence-corrected chi connectivity index (χ3v) is 3.56. The van der Waals surface area contributed by atoms with E-state index in [0.717, 1.165) is 41.8 Å². The van der Waals surface area contributed by atoms with Crippen LogP contribution in [0, 0.1) is 11.3 Å². The van der Waals surface area contributed by atoms with Crippen LogP contribution in [0.15, 0.2) is 18.3 Å². The van der Waals surface area contributed by atoms with Crippen LogP contribution in [0.4, 0.5) is 5.82 Å². The molecule has 0 aliphatic carbocycles. The van der Waals surface area contributed by atoms with E-state index in [4.69, 9.17) is 5.73 Å². The predicted molar refractivity (Wildman–Crippen MR) is 81.1 cm³/mol. The van der Waals surface area contributed by atoms with Crippen molar-refractivity contribution in [3.8, 4) is 17.3 Å². The zero-order valence-corrected chi connectivity index (χ0v) is 12.3. The van der Waals surface area contributed by atoms with Crippen molar-refractivity contribution in [3.63, 3.8) is 0 Å². The Hall–Kier alpha value is -2.28. The number of anilines is 1. The molecule has 0 aliphatic heterocycles.